The van der Waals surface area contributed by atoms with Gasteiger partial charge in [-0.05, 0) is 55.3 Å². The Balaban J connectivity index is 1.27. The van der Waals surface area contributed by atoms with Gasteiger partial charge in [0.2, 0.25) is 11.9 Å². The molecule has 0 aliphatic carbocycles. The fraction of sp³-hybridized carbons (Fsp3) is 0.387. The van der Waals surface area contributed by atoms with Gasteiger partial charge in [0, 0.05) is 62.3 Å². The van der Waals surface area contributed by atoms with Gasteiger partial charge in [-0.1, -0.05) is 12.1 Å². The second-order valence-corrected chi connectivity index (χ2v) is 10.9. The zero-order valence-corrected chi connectivity index (χ0v) is 23.3. The average Bonchev–Trinajstić information content (AvgIpc) is 3.61. The lowest BCUT2D eigenvalue weighted by molar-refractivity contribution is -0.123. The molecule has 2 aromatic carbocycles. The van der Waals surface area contributed by atoms with E-state index in [0.717, 1.165) is 47.5 Å². The number of aryl methyl sites for hydroxylation is 2. The maximum Gasteiger partial charge on any atom is 0.232 e. The van der Waals surface area contributed by atoms with Crippen molar-refractivity contribution in [2.24, 2.45) is 10.9 Å². The van der Waals surface area contributed by atoms with E-state index in [1.54, 1.807) is 6.20 Å². The minimum atomic E-state index is -0.643. The van der Waals surface area contributed by atoms with Crippen LogP contribution in [0.4, 0.5) is 25.8 Å². The summed E-state index contributed by atoms with van der Waals surface area (Å²) in [6.45, 7) is 8.88. The number of hydrogen-bond acceptors (Lipinski definition) is 7. The van der Waals surface area contributed by atoms with Crippen LogP contribution in [0.3, 0.4) is 0 Å². The Labute approximate surface area is 238 Å². The van der Waals surface area contributed by atoms with E-state index >= 15 is 4.39 Å². The first-order valence-corrected chi connectivity index (χ1v) is 14.1. The van der Waals surface area contributed by atoms with Gasteiger partial charge in [0.05, 0.1) is 37.1 Å². The minimum absolute atomic E-state index is 0.238. The number of amides is 1. The van der Waals surface area contributed by atoms with Crippen LogP contribution in [0.25, 0.3) is 0 Å². The molecule has 214 valence electrons. The number of morpholine rings is 1. The second kappa shape index (κ2) is 11.4. The first-order valence-electron chi connectivity index (χ1n) is 14.1. The third kappa shape index (κ3) is 5.61. The lowest BCUT2D eigenvalue weighted by Gasteiger charge is -2.33. The van der Waals surface area contributed by atoms with Gasteiger partial charge in [0.15, 0.2) is 0 Å². The van der Waals surface area contributed by atoms with Gasteiger partial charge in [0.1, 0.15) is 11.6 Å². The molecule has 0 unspecified atom stereocenters. The molecule has 0 spiro atoms. The molecule has 2 saturated heterocycles. The van der Waals surface area contributed by atoms with Crippen LogP contribution in [0.1, 0.15) is 22.7 Å². The molecule has 4 heterocycles. The van der Waals surface area contributed by atoms with E-state index in [1.807, 2.05) is 19.1 Å². The number of nitrogens with zero attached hydrogens (tertiary/aromatic N) is 5. The summed E-state index contributed by atoms with van der Waals surface area (Å²) < 4.78 is 34.4. The van der Waals surface area contributed by atoms with Crippen molar-refractivity contribution >= 4 is 28.9 Å². The van der Waals surface area contributed by atoms with Crippen LogP contribution < -0.4 is 20.0 Å². The maximum absolute atomic E-state index is 15.0. The molecule has 3 aromatic rings. The summed E-state index contributed by atoms with van der Waals surface area (Å²) >= 11 is 0. The van der Waals surface area contributed by atoms with E-state index < -0.39 is 23.5 Å². The Kier molecular flexibility index (Phi) is 7.57. The molecule has 1 aromatic heterocycles. The summed E-state index contributed by atoms with van der Waals surface area (Å²) in [6, 6.07) is 13.7. The van der Waals surface area contributed by atoms with Gasteiger partial charge in [-0.25, -0.2) is 8.78 Å². The highest BCUT2D eigenvalue weighted by molar-refractivity contribution is 6.09. The Hall–Kier alpha value is -4.05. The predicted molar refractivity (Wildman–Crippen MR) is 156 cm³/mol. The van der Waals surface area contributed by atoms with Gasteiger partial charge < -0.3 is 19.4 Å². The lowest BCUT2D eigenvalue weighted by Crippen LogP contribution is -2.46. The first kappa shape index (κ1) is 27.1. The third-order valence-corrected chi connectivity index (χ3v) is 8.11. The van der Waals surface area contributed by atoms with E-state index in [1.165, 1.54) is 12.1 Å². The van der Waals surface area contributed by atoms with E-state index in [0.29, 0.717) is 50.9 Å². The van der Waals surface area contributed by atoms with Crippen LogP contribution in [-0.4, -0.2) is 69.3 Å². The maximum atomic E-state index is 15.0. The smallest absolute Gasteiger partial charge is 0.232 e. The first-order chi connectivity index (χ1) is 19.9. The molecule has 41 heavy (non-hydrogen) atoms. The van der Waals surface area contributed by atoms with Gasteiger partial charge >= 0.3 is 0 Å². The van der Waals surface area contributed by atoms with Crippen LogP contribution in [0.2, 0.25) is 0 Å². The second-order valence-electron chi connectivity index (χ2n) is 10.9. The minimum Gasteiger partial charge on any atom is -0.378 e. The summed E-state index contributed by atoms with van der Waals surface area (Å²) in [5.74, 6) is -2.08. The number of aromatic nitrogens is 1. The van der Waals surface area contributed by atoms with Crippen molar-refractivity contribution < 1.29 is 18.3 Å². The zero-order valence-electron chi connectivity index (χ0n) is 23.3. The summed E-state index contributed by atoms with van der Waals surface area (Å²) in [7, 11) is 0. The molecule has 10 heteroatoms. The van der Waals surface area contributed by atoms with Crippen molar-refractivity contribution in [3.05, 3.63) is 83.2 Å². The van der Waals surface area contributed by atoms with Gasteiger partial charge in [0.25, 0.3) is 0 Å². The number of anilines is 3. The van der Waals surface area contributed by atoms with Gasteiger partial charge in [-0.2, -0.15) is 0 Å². The van der Waals surface area contributed by atoms with Crippen molar-refractivity contribution in [3.63, 3.8) is 0 Å². The van der Waals surface area contributed by atoms with E-state index in [9.17, 15) is 9.18 Å². The molecule has 1 amide bonds. The van der Waals surface area contributed by atoms with Crippen LogP contribution >= 0.6 is 0 Å². The molecule has 1 N–H and O–H groups in total. The number of halogens is 2. The molecule has 2 fully saturated rings. The van der Waals surface area contributed by atoms with Crippen molar-refractivity contribution in [3.8, 4) is 0 Å². The van der Waals surface area contributed by atoms with Gasteiger partial charge in [-0.3, -0.25) is 20.1 Å². The van der Waals surface area contributed by atoms with Crippen molar-refractivity contribution in [2.45, 2.75) is 19.8 Å². The zero-order chi connectivity index (χ0) is 28.5. The van der Waals surface area contributed by atoms with Crippen molar-refractivity contribution in [1.82, 2.24) is 10.3 Å². The van der Waals surface area contributed by atoms with Crippen LogP contribution in [0, 0.1) is 31.4 Å². The SMILES string of the molecule is Cc1ccc(N2CCN=C2NC(=O)[C@@H]2CN(c3ccnc(C)c3)C[C@H]2c2ccc(F)cc2F)c(N2CCOCC2)c1. The molecule has 6 rings (SSSR count). The molecule has 0 bridgehead atoms. The van der Waals surface area contributed by atoms with E-state index in [-0.39, 0.29) is 5.91 Å². The molecule has 3 aliphatic heterocycles. The topological polar surface area (TPSA) is 73.3 Å². The monoisotopic (exact) mass is 560 g/mol. The Bertz CT molecular complexity index is 1470. The lowest BCUT2D eigenvalue weighted by atomic mass is 9.88. The van der Waals surface area contributed by atoms with Gasteiger partial charge in [-0.15, -0.1) is 0 Å². The number of pyridine rings is 1. The highest BCUT2D eigenvalue weighted by atomic mass is 19.1. The highest BCUT2D eigenvalue weighted by Crippen LogP contribution is 2.38. The standard InChI is InChI=1S/C31H34F2N6O2/c1-20-3-6-28(29(15-20)37-11-13-41-14-12-37)39-10-9-35-31(39)36-30(40)26-19-38(23-7-8-34-21(2)16-23)18-25(26)24-5-4-22(32)17-27(24)33/h3-8,15-17,25-26H,9-14,18-19H2,1-2H3,(H,35,36,40)/t25-,26+/m0/s1. The molecule has 0 radical (unpaired) electrons. The quantitative estimate of drug-likeness (QED) is 0.508. The molecule has 3 aliphatic rings. The fourth-order valence-corrected chi connectivity index (χ4v) is 6.04. The highest BCUT2D eigenvalue weighted by Gasteiger charge is 2.41. The molecular formula is C31H34F2N6O2. The Morgan fingerprint density at radius 1 is 0.951 bits per heavy atom. The Morgan fingerprint density at radius 3 is 2.56 bits per heavy atom. The van der Waals surface area contributed by atoms with Crippen molar-refractivity contribution in [2.75, 3.05) is 67.2 Å². The predicted octanol–water partition coefficient (Wildman–Crippen LogP) is 4.03. The number of aliphatic imine (C=N–C) groups is 1. The van der Waals surface area contributed by atoms with E-state index in [2.05, 4.69) is 55.1 Å². The number of rotatable bonds is 5. The number of carbonyl (C=O) groups excluding carboxylic acids is 1. The Morgan fingerprint density at radius 2 is 1.78 bits per heavy atom. The van der Waals surface area contributed by atoms with Crippen LogP contribution in [0.5, 0.6) is 0 Å². The number of carbonyl (C=O) groups is 1. The number of benzene rings is 2. The summed E-state index contributed by atoms with van der Waals surface area (Å²) in [6.07, 6.45) is 1.73. The summed E-state index contributed by atoms with van der Waals surface area (Å²) in [4.78, 5) is 29.3. The van der Waals surface area contributed by atoms with E-state index in [4.69, 9.17) is 4.74 Å². The molecule has 0 saturated carbocycles. The van der Waals surface area contributed by atoms with Crippen LogP contribution in [0.15, 0.2) is 59.7 Å². The number of ether oxygens (including phenoxy) is 1. The number of hydrogen-bond donors (Lipinski definition) is 1. The summed E-state index contributed by atoms with van der Waals surface area (Å²) in [5.41, 5.74) is 5.32. The largest absolute Gasteiger partial charge is 0.378 e. The van der Waals surface area contributed by atoms with Crippen LogP contribution in [-0.2, 0) is 9.53 Å². The molecule has 8 nitrogen and oxygen atoms in total. The number of guanidine groups is 1. The normalized spacial score (nSPS) is 20.9. The summed E-state index contributed by atoms with van der Waals surface area (Å²) in [5, 5.41) is 3.09. The molecular weight excluding hydrogens is 526 g/mol. The number of nitrogens with one attached hydrogen (secondary N) is 1. The fourth-order valence-electron chi connectivity index (χ4n) is 6.04. The third-order valence-electron chi connectivity index (χ3n) is 8.11. The average molecular weight is 561 g/mol. The van der Waals surface area contributed by atoms with Crippen molar-refractivity contribution in [1.29, 1.82) is 0 Å². The molecule has 2 atom stereocenters.